The molecule has 2 aromatic rings. The normalized spacial score (nSPS) is 10.2. The number of carbonyl (C=O) groups excluding carboxylic acids is 3. The first kappa shape index (κ1) is 19.4. The zero-order chi connectivity index (χ0) is 19.3. The van der Waals surface area contributed by atoms with E-state index in [9.17, 15) is 18.8 Å². The van der Waals surface area contributed by atoms with Gasteiger partial charge >= 0.3 is 5.97 Å². The van der Waals surface area contributed by atoms with Crippen LogP contribution in [0.3, 0.4) is 0 Å². The summed E-state index contributed by atoms with van der Waals surface area (Å²) in [6, 6.07) is 9.61. The maximum atomic E-state index is 13.2. The Hall–Kier alpha value is -2.93. The van der Waals surface area contributed by atoms with E-state index in [-0.39, 0.29) is 28.5 Å². The van der Waals surface area contributed by atoms with Crippen LogP contribution >= 0.6 is 11.6 Å². The Morgan fingerprint density at radius 1 is 1.19 bits per heavy atom. The average molecular weight is 379 g/mol. The van der Waals surface area contributed by atoms with Crippen LogP contribution in [0.25, 0.3) is 0 Å². The highest BCUT2D eigenvalue weighted by Crippen LogP contribution is 2.27. The predicted octanol–water partition coefficient (Wildman–Crippen LogP) is 3.26. The molecular formula is C18H16ClFN2O4. The van der Waals surface area contributed by atoms with Crippen molar-refractivity contribution < 1.29 is 23.5 Å². The van der Waals surface area contributed by atoms with Crippen molar-refractivity contribution >= 4 is 40.8 Å². The number of amides is 2. The number of halogens is 2. The molecule has 0 bridgehead atoms. The van der Waals surface area contributed by atoms with Crippen molar-refractivity contribution in [1.29, 1.82) is 0 Å². The summed E-state index contributed by atoms with van der Waals surface area (Å²) in [4.78, 5) is 37.0. The van der Waals surface area contributed by atoms with Gasteiger partial charge in [0.25, 0.3) is 0 Å². The van der Waals surface area contributed by atoms with E-state index >= 15 is 0 Å². The molecule has 0 aliphatic rings. The highest BCUT2D eigenvalue weighted by molar-refractivity contribution is 6.34. The lowest BCUT2D eigenvalue weighted by Crippen LogP contribution is -2.37. The van der Waals surface area contributed by atoms with Crippen LogP contribution in [0.2, 0.25) is 5.02 Å². The van der Waals surface area contributed by atoms with Crippen molar-refractivity contribution in [3.63, 3.8) is 0 Å². The van der Waals surface area contributed by atoms with E-state index in [1.165, 1.54) is 50.4 Å². The number of carbonyl (C=O) groups is 3. The van der Waals surface area contributed by atoms with Gasteiger partial charge in [0.2, 0.25) is 11.8 Å². The van der Waals surface area contributed by atoms with Gasteiger partial charge in [-0.15, -0.1) is 0 Å². The molecule has 0 aliphatic carbocycles. The van der Waals surface area contributed by atoms with Crippen LogP contribution in [-0.4, -0.2) is 31.4 Å². The topological polar surface area (TPSA) is 75.7 Å². The lowest BCUT2D eigenvalue weighted by molar-refractivity contribution is -0.120. The van der Waals surface area contributed by atoms with E-state index in [4.69, 9.17) is 11.6 Å². The van der Waals surface area contributed by atoms with Crippen LogP contribution < -0.4 is 10.2 Å². The SMILES string of the molecule is COC(=O)c1ccc(Cl)c(N(CC(=O)Nc2cccc(F)c2)C(C)=O)c1. The summed E-state index contributed by atoms with van der Waals surface area (Å²) in [5.41, 5.74) is 0.632. The number of methoxy groups -OCH3 is 1. The second kappa shape index (κ2) is 8.44. The van der Waals surface area contributed by atoms with Crippen LogP contribution in [0.5, 0.6) is 0 Å². The second-order valence-corrected chi connectivity index (χ2v) is 5.73. The Bertz CT molecular complexity index is 857. The molecule has 0 saturated heterocycles. The first-order valence-corrected chi connectivity index (χ1v) is 7.91. The quantitative estimate of drug-likeness (QED) is 0.810. The lowest BCUT2D eigenvalue weighted by Gasteiger charge is -2.22. The highest BCUT2D eigenvalue weighted by Gasteiger charge is 2.20. The lowest BCUT2D eigenvalue weighted by atomic mass is 10.2. The third kappa shape index (κ3) is 4.80. The number of anilines is 2. The Morgan fingerprint density at radius 3 is 2.54 bits per heavy atom. The van der Waals surface area contributed by atoms with E-state index in [1.54, 1.807) is 0 Å². The zero-order valence-corrected chi connectivity index (χ0v) is 14.8. The maximum Gasteiger partial charge on any atom is 0.337 e. The molecule has 0 unspecified atom stereocenters. The highest BCUT2D eigenvalue weighted by atomic mass is 35.5. The molecule has 0 radical (unpaired) electrons. The Kier molecular flexibility index (Phi) is 6.30. The Labute approximate surface area is 154 Å². The molecule has 0 spiro atoms. The van der Waals surface area contributed by atoms with Gasteiger partial charge in [-0.1, -0.05) is 17.7 Å². The molecule has 0 atom stereocenters. The molecule has 8 heteroatoms. The molecular weight excluding hydrogens is 363 g/mol. The van der Waals surface area contributed by atoms with Gasteiger partial charge in [-0.3, -0.25) is 9.59 Å². The summed E-state index contributed by atoms with van der Waals surface area (Å²) in [5.74, 6) is -2.11. The summed E-state index contributed by atoms with van der Waals surface area (Å²) < 4.78 is 17.8. The Balaban J connectivity index is 2.25. The molecule has 0 aromatic heterocycles. The van der Waals surface area contributed by atoms with Crippen LogP contribution in [0.15, 0.2) is 42.5 Å². The van der Waals surface area contributed by atoms with Crippen molar-refractivity contribution in [2.45, 2.75) is 6.92 Å². The number of ether oxygens (including phenoxy) is 1. The number of rotatable bonds is 5. The van der Waals surface area contributed by atoms with Crippen molar-refractivity contribution in [3.8, 4) is 0 Å². The van der Waals surface area contributed by atoms with Crippen LogP contribution in [0, 0.1) is 5.82 Å². The summed E-state index contributed by atoms with van der Waals surface area (Å²) in [6.45, 7) is 0.896. The zero-order valence-electron chi connectivity index (χ0n) is 14.1. The minimum Gasteiger partial charge on any atom is -0.465 e. The molecule has 2 rings (SSSR count). The number of nitrogens with one attached hydrogen (secondary N) is 1. The molecule has 2 amide bonds. The number of hydrogen-bond donors (Lipinski definition) is 1. The van der Waals surface area contributed by atoms with Gasteiger partial charge in [0, 0.05) is 12.6 Å². The van der Waals surface area contributed by atoms with Gasteiger partial charge in [0.15, 0.2) is 0 Å². The van der Waals surface area contributed by atoms with Gasteiger partial charge in [0.1, 0.15) is 12.4 Å². The number of hydrogen-bond acceptors (Lipinski definition) is 4. The van der Waals surface area contributed by atoms with E-state index < -0.39 is 23.6 Å². The monoisotopic (exact) mass is 378 g/mol. The minimum absolute atomic E-state index is 0.184. The summed E-state index contributed by atoms with van der Waals surface area (Å²) >= 11 is 6.12. The van der Waals surface area contributed by atoms with Crippen molar-refractivity contribution in [1.82, 2.24) is 0 Å². The number of esters is 1. The molecule has 0 heterocycles. The van der Waals surface area contributed by atoms with Gasteiger partial charge in [-0.25, -0.2) is 9.18 Å². The second-order valence-electron chi connectivity index (χ2n) is 5.32. The first-order chi connectivity index (χ1) is 12.3. The molecule has 0 fully saturated rings. The molecule has 26 heavy (non-hydrogen) atoms. The first-order valence-electron chi connectivity index (χ1n) is 7.53. The van der Waals surface area contributed by atoms with Crippen LogP contribution in [-0.2, 0) is 14.3 Å². The van der Waals surface area contributed by atoms with E-state index in [1.807, 2.05) is 0 Å². The third-order valence-corrected chi connectivity index (χ3v) is 3.77. The van der Waals surface area contributed by atoms with Crippen molar-refractivity contribution in [2.75, 3.05) is 23.9 Å². The van der Waals surface area contributed by atoms with Gasteiger partial charge in [-0.05, 0) is 36.4 Å². The van der Waals surface area contributed by atoms with E-state index in [0.717, 1.165) is 11.0 Å². The molecule has 0 aliphatic heterocycles. The van der Waals surface area contributed by atoms with E-state index in [2.05, 4.69) is 10.1 Å². The fraction of sp³-hybridized carbons (Fsp3) is 0.167. The van der Waals surface area contributed by atoms with Gasteiger partial charge in [0.05, 0.1) is 23.4 Å². The van der Waals surface area contributed by atoms with Gasteiger partial charge < -0.3 is 15.0 Å². The largest absolute Gasteiger partial charge is 0.465 e. The maximum absolute atomic E-state index is 13.2. The summed E-state index contributed by atoms with van der Waals surface area (Å²) in [7, 11) is 1.23. The van der Waals surface area contributed by atoms with Crippen LogP contribution in [0.4, 0.5) is 15.8 Å². The minimum atomic E-state index is -0.601. The standard InChI is InChI=1S/C18H16ClFN2O4/c1-11(23)22(10-17(24)21-14-5-3-4-13(20)9-14)16-8-12(18(25)26-2)6-7-15(16)19/h3-9H,10H2,1-2H3,(H,21,24). The molecule has 136 valence electrons. The van der Waals surface area contributed by atoms with E-state index in [0.29, 0.717) is 0 Å². The summed E-state index contributed by atoms with van der Waals surface area (Å²) in [5, 5.41) is 2.68. The predicted molar refractivity (Wildman–Crippen MR) is 95.8 cm³/mol. The Morgan fingerprint density at radius 2 is 1.92 bits per heavy atom. The number of nitrogens with zero attached hydrogens (tertiary/aromatic N) is 1. The molecule has 6 nitrogen and oxygen atoms in total. The smallest absolute Gasteiger partial charge is 0.337 e. The average Bonchev–Trinajstić information content (AvgIpc) is 2.59. The fourth-order valence-electron chi connectivity index (χ4n) is 2.24. The fourth-order valence-corrected chi connectivity index (χ4v) is 2.46. The van der Waals surface area contributed by atoms with Crippen molar-refractivity contribution in [3.05, 3.63) is 58.9 Å². The molecule has 2 aromatic carbocycles. The van der Waals surface area contributed by atoms with Crippen LogP contribution in [0.1, 0.15) is 17.3 Å². The number of benzene rings is 2. The summed E-state index contributed by atoms with van der Waals surface area (Å²) in [6.07, 6.45) is 0. The molecule has 1 N–H and O–H groups in total. The van der Waals surface area contributed by atoms with Gasteiger partial charge in [-0.2, -0.15) is 0 Å². The third-order valence-electron chi connectivity index (χ3n) is 3.45. The van der Waals surface area contributed by atoms with Crippen molar-refractivity contribution in [2.24, 2.45) is 0 Å². The molecule has 0 saturated carbocycles.